The zero-order valence-corrected chi connectivity index (χ0v) is 12.8. The van der Waals surface area contributed by atoms with Crippen LogP contribution in [-0.2, 0) is 11.3 Å². The summed E-state index contributed by atoms with van der Waals surface area (Å²) in [4.78, 5) is 11.4. The minimum atomic E-state index is -4.35. The Bertz CT molecular complexity index is 524. The summed E-state index contributed by atoms with van der Waals surface area (Å²) in [5.41, 5.74) is 0.631. The number of carbonyl (C=O) groups excluding carboxylic acids is 1. The molecule has 1 amide bonds. The van der Waals surface area contributed by atoms with Gasteiger partial charge in [-0.3, -0.25) is 4.79 Å². The molecule has 0 unspecified atom stereocenters. The fraction of sp³-hybridized carbons (Fsp3) is 0.462. The second-order valence-electron chi connectivity index (χ2n) is 4.31. The minimum absolute atomic E-state index is 0.104. The smallest absolute Gasteiger partial charge is 0.401 e. The number of alkyl halides is 3. The van der Waals surface area contributed by atoms with Crippen molar-refractivity contribution in [2.45, 2.75) is 12.7 Å². The Hall–Kier alpha value is -1.67. The van der Waals surface area contributed by atoms with Crippen molar-refractivity contribution in [1.82, 2.24) is 10.6 Å². The molecule has 0 saturated heterocycles. The van der Waals surface area contributed by atoms with Gasteiger partial charge in [0.2, 0.25) is 5.91 Å². The third-order valence-corrected chi connectivity index (χ3v) is 2.87. The van der Waals surface area contributed by atoms with Gasteiger partial charge < -0.3 is 20.1 Å². The topological polar surface area (TPSA) is 59.6 Å². The summed E-state index contributed by atoms with van der Waals surface area (Å²) in [6, 6.07) is 3.19. The Morgan fingerprint density at radius 1 is 1.27 bits per heavy atom. The maximum Gasteiger partial charge on any atom is 0.401 e. The van der Waals surface area contributed by atoms with Crippen LogP contribution in [0, 0.1) is 0 Å². The molecule has 0 spiro atoms. The van der Waals surface area contributed by atoms with E-state index in [-0.39, 0.29) is 6.54 Å². The number of rotatable bonds is 7. The van der Waals surface area contributed by atoms with Gasteiger partial charge in [-0.15, -0.1) is 0 Å². The first-order valence-corrected chi connectivity index (χ1v) is 6.59. The zero-order valence-electron chi connectivity index (χ0n) is 12.0. The number of nitrogens with one attached hydrogen (secondary N) is 2. The van der Waals surface area contributed by atoms with Crippen LogP contribution in [0.4, 0.5) is 13.2 Å². The lowest BCUT2D eigenvalue weighted by Crippen LogP contribution is -2.38. The molecule has 0 atom stereocenters. The molecule has 0 aliphatic rings. The van der Waals surface area contributed by atoms with Gasteiger partial charge in [-0.1, -0.05) is 11.6 Å². The van der Waals surface area contributed by atoms with Crippen molar-refractivity contribution in [3.8, 4) is 11.5 Å². The summed E-state index contributed by atoms with van der Waals surface area (Å²) in [5.74, 6) is 0.204. The lowest BCUT2D eigenvalue weighted by molar-refractivity contribution is -0.128. The van der Waals surface area contributed by atoms with Crippen LogP contribution >= 0.6 is 11.6 Å². The van der Waals surface area contributed by atoms with Crippen LogP contribution in [0.5, 0.6) is 11.5 Å². The Balaban J connectivity index is 2.54. The number of benzene rings is 1. The normalized spacial score (nSPS) is 11.2. The third-order valence-electron chi connectivity index (χ3n) is 2.59. The van der Waals surface area contributed by atoms with Crippen molar-refractivity contribution in [2.75, 3.05) is 27.3 Å². The van der Waals surface area contributed by atoms with Crippen molar-refractivity contribution in [2.24, 2.45) is 0 Å². The molecule has 0 bridgehead atoms. The van der Waals surface area contributed by atoms with Crippen molar-refractivity contribution in [3.05, 3.63) is 22.7 Å². The van der Waals surface area contributed by atoms with E-state index in [0.29, 0.717) is 22.1 Å². The molecule has 2 N–H and O–H groups in total. The first-order chi connectivity index (χ1) is 10.3. The van der Waals surface area contributed by atoms with Crippen LogP contribution in [0.15, 0.2) is 12.1 Å². The third kappa shape index (κ3) is 5.98. The molecule has 0 aliphatic carbocycles. The van der Waals surface area contributed by atoms with Crippen molar-refractivity contribution < 1.29 is 27.4 Å². The quantitative estimate of drug-likeness (QED) is 0.798. The summed E-state index contributed by atoms with van der Waals surface area (Å²) < 4.78 is 45.9. The van der Waals surface area contributed by atoms with Crippen LogP contribution in [0.2, 0.25) is 5.02 Å². The number of carbonyl (C=O) groups is 1. The maximum absolute atomic E-state index is 11.9. The van der Waals surface area contributed by atoms with E-state index in [0.717, 1.165) is 0 Å². The fourth-order valence-electron chi connectivity index (χ4n) is 1.65. The molecule has 9 heteroatoms. The number of amides is 1. The minimum Gasteiger partial charge on any atom is -0.493 e. The van der Waals surface area contributed by atoms with Gasteiger partial charge in [-0.2, -0.15) is 13.2 Å². The van der Waals surface area contributed by atoms with E-state index in [9.17, 15) is 18.0 Å². The van der Waals surface area contributed by atoms with E-state index >= 15 is 0 Å². The molecule has 1 aromatic rings. The molecule has 1 aromatic carbocycles. The number of halogens is 4. The largest absolute Gasteiger partial charge is 0.493 e. The lowest BCUT2D eigenvalue weighted by atomic mass is 10.2. The fourth-order valence-corrected chi connectivity index (χ4v) is 1.96. The van der Waals surface area contributed by atoms with E-state index in [4.69, 9.17) is 21.1 Å². The second kappa shape index (κ2) is 8.09. The molecule has 0 heterocycles. The first kappa shape index (κ1) is 18.4. The highest BCUT2D eigenvalue weighted by atomic mass is 35.5. The Morgan fingerprint density at radius 3 is 2.50 bits per heavy atom. The molecular weight excluding hydrogens is 325 g/mol. The number of ether oxygens (including phenoxy) is 2. The van der Waals surface area contributed by atoms with Crippen molar-refractivity contribution in [3.63, 3.8) is 0 Å². The summed E-state index contributed by atoms with van der Waals surface area (Å²) in [6.45, 7) is -1.55. The molecule has 0 radical (unpaired) electrons. The maximum atomic E-state index is 11.9. The summed E-state index contributed by atoms with van der Waals surface area (Å²) >= 11 is 6.01. The SMILES string of the molecule is COc1cc(CNC(=O)CNCC(F)(F)F)cc(Cl)c1OC. The summed E-state index contributed by atoms with van der Waals surface area (Å²) in [6.07, 6.45) is -4.35. The monoisotopic (exact) mass is 340 g/mol. The second-order valence-corrected chi connectivity index (χ2v) is 4.72. The van der Waals surface area contributed by atoms with E-state index in [2.05, 4.69) is 5.32 Å². The molecule has 0 aromatic heterocycles. The summed E-state index contributed by atoms with van der Waals surface area (Å²) in [5, 5.41) is 4.79. The molecule has 1 rings (SSSR count). The predicted molar refractivity (Wildman–Crippen MR) is 75.3 cm³/mol. The van der Waals surface area contributed by atoms with Crippen LogP contribution in [-0.4, -0.2) is 39.4 Å². The molecule has 0 aliphatic heterocycles. The summed E-state index contributed by atoms with van der Waals surface area (Å²) in [7, 11) is 2.88. The highest BCUT2D eigenvalue weighted by Gasteiger charge is 2.26. The first-order valence-electron chi connectivity index (χ1n) is 6.21. The molecule has 124 valence electrons. The van der Waals surface area contributed by atoms with Crippen molar-refractivity contribution >= 4 is 17.5 Å². The Labute approximate surface area is 130 Å². The number of hydrogen-bond acceptors (Lipinski definition) is 4. The number of methoxy groups -OCH3 is 2. The molecule has 0 saturated carbocycles. The van der Waals surface area contributed by atoms with Gasteiger partial charge in [0.1, 0.15) is 0 Å². The van der Waals surface area contributed by atoms with Crippen LogP contribution in [0.3, 0.4) is 0 Å². The van der Waals surface area contributed by atoms with Gasteiger partial charge in [0, 0.05) is 6.54 Å². The average molecular weight is 341 g/mol. The standard InChI is InChI=1S/C13H16ClF3N2O3/c1-21-10-4-8(3-9(14)12(10)22-2)5-19-11(20)6-18-7-13(15,16)17/h3-4,18H,5-7H2,1-2H3,(H,19,20). The Morgan fingerprint density at radius 2 is 1.95 bits per heavy atom. The van der Waals surface area contributed by atoms with E-state index < -0.39 is 25.2 Å². The molecule has 22 heavy (non-hydrogen) atoms. The van der Waals surface area contributed by atoms with Crippen LogP contribution in [0.1, 0.15) is 5.56 Å². The lowest BCUT2D eigenvalue weighted by Gasteiger charge is -2.12. The number of hydrogen-bond donors (Lipinski definition) is 2. The van der Waals surface area contributed by atoms with Crippen molar-refractivity contribution in [1.29, 1.82) is 0 Å². The van der Waals surface area contributed by atoms with Crippen LogP contribution in [0.25, 0.3) is 0 Å². The van der Waals surface area contributed by atoms with E-state index in [1.54, 1.807) is 12.1 Å². The van der Waals surface area contributed by atoms with Gasteiger partial charge in [-0.05, 0) is 17.7 Å². The predicted octanol–water partition coefficient (Wildman–Crippen LogP) is 2.13. The highest BCUT2D eigenvalue weighted by Crippen LogP contribution is 2.35. The van der Waals surface area contributed by atoms with Gasteiger partial charge in [-0.25, -0.2) is 0 Å². The average Bonchev–Trinajstić information content (AvgIpc) is 2.43. The van der Waals surface area contributed by atoms with E-state index in [1.807, 2.05) is 5.32 Å². The van der Waals surface area contributed by atoms with Gasteiger partial charge in [0.25, 0.3) is 0 Å². The van der Waals surface area contributed by atoms with Gasteiger partial charge in [0.15, 0.2) is 11.5 Å². The van der Waals surface area contributed by atoms with E-state index in [1.165, 1.54) is 14.2 Å². The molecule has 0 fully saturated rings. The zero-order chi connectivity index (χ0) is 16.8. The Kier molecular flexibility index (Phi) is 6.76. The molecule has 5 nitrogen and oxygen atoms in total. The van der Waals surface area contributed by atoms with Gasteiger partial charge in [0.05, 0.1) is 32.3 Å². The van der Waals surface area contributed by atoms with Crippen LogP contribution < -0.4 is 20.1 Å². The molecular formula is C13H16ClF3N2O3. The highest BCUT2D eigenvalue weighted by molar-refractivity contribution is 6.32. The van der Waals surface area contributed by atoms with Gasteiger partial charge >= 0.3 is 6.18 Å².